The van der Waals surface area contributed by atoms with Gasteiger partial charge in [0, 0.05) is 5.56 Å². The van der Waals surface area contributed by atoms with Crippen LogP contribution in [0.5, 0.6) is 0 Å². The quantitative estimate of drug-likeness (QED) is 0.754. The lowest BCUT2D eigenvalue weighted by molar-refractivity contribution is -0.0818. The van der Waals surface area contributed by atoms with Crippen LogP contribution in [-0.4, -0.2) is 27.4 Å². The molecule has 1 atom stereocenters. The van der Waals surface area contributed by atoms with Crippen molar-refractivity contribution in [2.24, 2.45) is 5.92 Å². The van der Waals surface area contributed by atoms with E-state index in [1.165, 1.54) is 0 Å². The van der Waals surface area contributed by atoms with Crippen molar-refractivity contribution in [3.63, 3.8) is 0 Å². The Hall–Kier alpha value is -0.980. The molecule has 0 aliphatic heterocycles. The second-order valence-electron chi connectivity index (χ2n) is 4.82. The highest BCUT2D eigenvalue weighted by Crippen LogP contribution is 2.32. The van der Waals surface area contributed by atoms with Crippen LogP contribution < -0.4 is 0 Å². The molecule has 0 spiro atoms. The normalized spacial score (nSPS) is 24.7. The number of benzene rings is 1. The summed E-state index contributed by atoms with van der Waals surface area (Å²) in [4.78, 5) is 0. The molecule has 6 heteroatoms. The average molecular weight is 288 g/mol. The maximum atomic E-state index is 13.7. The molecule has 2 rings (SSSR count). The van der Waals surface area contributed by atoms with E-state index in [0.29, 0.717) is 18.4 Å². The smallest absolute Gasteiger partial charge is 0.264 e. The van der Waals surface area contributed by atoms with Gasteiger partial charge in [-0.05, 0) is 18.8 Å². The van der Waals surface area contributed by atoms with E-state index in [4.69, 9.17) is 8.92 Å². The minimum absolute atomic E-state index is 0.161. The molecular formula is C13H17FO4S. The van der Waals surface area contributed by atoms with Gasteiger partial charge in [0.25, 0.3) is 10.1 Å². The summed E-state index contributed by atoms with van der Waals surface area (Å²) in [6.45, 7) is 0.277. The van der Waals surface area contributed by atoms with E-state index in [0.717, 1.165) is 6.26 Å². The molecule has 0 amide bonds. The fraction of sp³-hybridized carbons (Fsp3) is 0.538. The average Bonchev–Trinajstić information content (AvgIpc) is 2.31. The Morgan fingerprint density at radius 2 is 1.95 bits per heavy atom. The van der Waals surface area contributed by atoms with Crippen LogP contribution in [0, 0.1) is 5.92 Å². The van der Waals surface area contributed by atoms with Gasteiger partial charge in [-0.25, -0.2) is 4.39 Å². The number of hydrogen-bond acceptors (Lipinski definition) is 4. The van der Waals surface area contributed by atoms with Gasteiger partial charge in [-0.2, -0.15) is 8.42 Å². The Kier molecular flexibility index (Phi) is 4.54. The van der Waals surface area contributed by atoms with Gasteiger partial charge in [-0.1, -0.05) is 30.3 Å². The topological polar surface area (TPSA) is 52.6 Å². The molecule has 106 valence electrons. The van der Waals surface area contributed by atoms with Gasteiger partial charge >= 0.3 is 0 Å². The second kappa shape index (κ2) is 5.98. The third-order valence-electron chi connectivity index (χ3n) is 3.04. The van der Waals surface area contributed by atoms with Crippen molar-refractivity contribution < 1.29 is 21.7 Å². The van der Waals surface area contributed by atoms with Crippen molar-refractivity contribution in [3.05, 3.63) is 35.9 Å². The van der Waals surface area contributed by atoms with Crippen LogP contribution in [0.1, 0.15) is 24.8 Å². The Balaban J connectivity index is 1.69. The Labute approximate surface area is 112 Å². The van der Waals surface area contributed by atoms with Gasteiger partial charge in [0.05, 0.1) is 19.0 Å². The molecule has 19 heavy (non-hydrogen) atoms. The van der Waals surface area contributed by atoms with Crippen molar-refractivity contribution in [2.45, 2.75) is 25.3 Å². The molecule has 1 aromatic carbocycles. The molecule has 0 bridgehead atoms. The summed E-state index contributed by atoms with van der Waals surface area (Å²) >= 11 is 0. The second-order valence-corrected chi connectivity index (χ2v) is 6.42. The lowest BCUT2D eigenvalue weighted by Gasteiger charge is -2.34. The predicted octanol–water partition coefficient (Wildman–Crippen LogP) is 2.43. The van der Waals surface area contributed by atoms with E-state index < -0.39 is 16.5 Å². The fourth-order valence-electron chi connectivity index (χ4n) is 2.06. The van der Waals surface area contributed by atoms with Crippen LogP contribution >= 0.6 is 0 Å². The lowest BCUT2D eigenvalue weighted by Crippen LogP contribution is -2.35. The van der Waals surface area contributed by atoms with E-state index in [2.05, 4.69) is 0 Å². The summed E-state index contributed by atoms with van der Waals surface area (Å²) in [5.74, 6) is 0.161. The van der Waals surface area contributed by atoms with Crippen LogP contribution in [0.15, 0.2) is 30.3 Å². The fourth-order valence-corrected chi connectivity index (χ4v) is 2.71. The maximum absolute atomic E-state index is 13.7. The molecule has 0 N–H and O–H groups in total. The van der Waals surface area contributed by atoms with Crippen LogP contribution in [0.25, 0.3) is 0 Å². The standard InChI is InChI=1S/C13H17FO4S/c1-19(15,16)18-12-7-10(8-12)9-17-13(14)11-5-3-2-4-6-11/h2-6,10,12-13H,7-9H2,1H3. The van der Waals surface area contributed by atoms with E-state index in [9.17, 15) is 12.8 Å². The minimum atomic E-state index is -3.40. The van der Waals surface area contributed by atoms with Crippen molar-refractivity contribution >= 4 is 10.1 Å². The Morgan fingerprint density at radius 3 is 2.53 bits per heavy atom. The first kappa shape index (κ1) is 14.4. The van der Waals surface area contributed by atoms with Gasteiger partial charge in [0.15, 0.2) is 0 Å². The van der Waals surface area contributed by atoms with Gasteiger partial charge in [0.1, 0.15) is 0 Å². The van der Waals surface area contributed by atoms with Crippen molar-refractivity contribution in [1.29, 1.82) is 0 Å². The minimum Gasteiger partial charge on any atom is -0.344 e. The van der Waals surface area contributed by atoms with E-state index in [1.807, 2.05) is 6.07 Å². The van der Waals surface area contributed by atoms with Crippen LogP contribution in [0.4, 0.5) is 4.39 Å². The zero-order valence-corrected chi connectivity index (χ0v) is 11.5. The first-order chi connectivity index (χ1) is 8.94. The SMILES string of the molecule is CS(=O)(=O)OC1CC(COC(F)c2ccccc2)C1. The molecular weight excluding hydrogens is 271 g/mol. The molecule has 1 aliphatic rings. The highest BCUT2D eigenvalue weighted by molar-refractivity contribution is 7.86. The highest BCUT2D eigenvalue weighted by Gasteiger charge is 2.33. The van der Waals surface area contributed by atoms with E-state index in [-0.39, 0.29) is 18.6 Å². The first-order valence-electron chi connectivity index (χ1n) is 6.13. The van der Waals surface area contributed by atoms with Crippen LogP contribution in [0.3, 0.4) is 0 Å². The molecule has 1 aliphatic carbocycles. The molecule has 1 fully saturated rings. The van der Waals surface area contributed by atoms with Crippen molar-refractivity contribution in [2.75, 3.05) is 12.9 Å². The third kappa shape index (κ3) is 4.56. The molecule has 0 heterocycles. The van der Waals surface area contributed by atoms with Crippen molar-refractivity contribution in [3.8, 4) is 0 Å². The summed E-state index contributed by atoms with van der Waals surface area (Å²) < 4.78 is 45.4. The maximum Gasteiger partial charge on any atom is 0.264 e. The Morgan fingerprint density at radius 1 is 1.32 bits per heavy atom. The molecule has 0 saturated heterocycles. The molecule has 1 aromatic rings. The van der Waals surface area contributed by atoms with Gasteiger partial charge < -0.3 is 4.74 Å². The van der Waals surface area contributed by atoms with Gasteiger partial charge in [-0.15, -0.1) is 0 Å². The van der Waals surface area contributed by atoms with Gasteiger partial charge in [-0.3, -0.25) is 4.18 Å². The zero-order chi connectivity index (χ0) is 13.9. The number of rotatable bonds is 6. The molecule has 0 radical (unpaired) electrons. The molecule has 4 nitrogen and oxygen atoms in total. The third-order valence-corrected chi connectivity index (χ3v) is 3.66. The summed E-state index contributed by atoms with van der Waals surface area (Å²) in [6.07, 6.45) is 0.502. The summed E-state index contributed by atoms with van der Waals surface area (Å²) in [5.41, 5.74) is 0.491. The van der Waals surface area contributed by atoms with E-state index >= 15 is 0 Å². The largest absolute Gasteiger partial charge is 0.344 e. The molecule has 1 saturated carbocycles. The Bertz CT molecular complexity index is 497. The summed E-state index contributed by atoms with van der Waals surface area (Å²) in [5, 5.41) is 0. The predicted molar refractivity (Wildman–Crippen MR) is 68.7 cm³/mol. The van der Waals surface area contributed by atoms with Crippen LogP contribution in [-0.2, 0) is 19.0 Å². The van der Waals surface area contributed by atoms with E-state index in [1.54, 1.807) is 24.3 Å². The number of halogens is 1. The highest BCUT2D eigenvalue weighted by atomic mass is 32.2. The summed E-state index contributed by atoms with van der Waals surface area (Å²) in [6, 6.07) is 8.66. The monoisotopic (exact) mass is 288 g/mol. The molecule has 1 unspecified atom stereocenters. The van der Waals surface area contributed by atoms with Gasteiger partial charge in [0.2, 0.25) is 6.36 Å². The first-order valence-corrected chi connectivity index (χ1v) is 7.94. The number of alkyl halides is 1. The molecule has 0 aromatic heterocycles. The zero-order valence-electron chi connectivity index (χ0n) is 10.7. The number of ether oxygens (including phenoxy) is 1. The lowest BCUT2D eigenvalue weighted by atomic mass is 9.83. The van der Waals surface area contributed by atoms with Crippen molar-refractivity contribution in [1.82, 2.24) is 0 Å². The van der Waals surface area contributed by atoms with Crippen LogP contribution in [0.2, 0.25) is 0 Å². The number of hydrogen-bond donors (Lipinski definition) is 0. The summed E-state index contributed by atoms with van der Waals surface area (Å²) in [7, 11) is -3.40.